The third-order valence-corrected chi connectivity index (χ3v) is 5.36. The monoisotopic (exact) mass is 423 g/mol. The number of nitrogens with zero attached hydrogens (tertiary/aromatic N) is 1. The van der Waals surface area contributed by atoms with Crippen molar-refractivity contribution in [1.29, 1.82) is 0 Å². The van der Waals surface area contributed by atoms with E-state index in [0.29, 0.717) is 11.1 Å². The molecule has 0 spiro atoms. The highest BCUT2D eigenvalue weighted by Gasteiger charge is 2.49. The minimum Gasteiger partial charge on any atom is -0.444 e. The summed E-state index contributed by atoms with van der Waals surface area (Å²) >= 11 is 0. The molecule has 3 rings (SSSR count). The summed E-state index contributed by atoms with van der Waals surface area (Å²) in [7, 11) is -5.76. The fraction of sp³-hybridized carbons (Fsp3) is 0.588. The van der Waals surface area contributed by atoms with Gasteiger partial charge < -0.3 is 18.6 Å². The van der Waals surface area contributed by atoms with Crippen molar-refractivity contribution in [3.8, 4) is 5.75 Å². The zero-order valence-corrected chi connectivity index (χ0v) is 16.3. The summed E-state index contributed by atoms with van der Waals surface area (Å²) in [6.07, 6.45) is -0.881. The van der Waals surface area contributed by atoms with Crippen molar-refractivity contribution < 1.29 is 40.0 Å². The predicted octanol–water partition coefficient (Wildman–Crippen LogP) is 3.15. The van der Waals surface area contributed by atoms with E-state index < -0.39 is 33.1 Å². The normalized spacial score (nSPS) is 22.4. The Balaban J connectivity index is 1.82. The topological polar surface area (TPSA) is 82.1 Å². The van der Waals surface area contributed by atoms with Gasteiger partial charge in [-0.3, -0.25) is 0 Å². The highest BCUT2D eigenvalue weighted by Crippen LogP contribution is 2.39. The van der Waals surface area contributed by atoms with E-state index in [4.69, 9.17) is 9.47 Å². The van der Waals surface area contributed by atoms with Crippen LogP contribution in [0.3, 0.4) is 0 Å². The maximum Gasteiger partial charge on any atom is 0.534 e. The molecule has 0 radical (unpaired) electrons. The van der Waals surface area contributed by atoms with Gasteiger partial charge in [0.05, 0.1) is 19.3 Å². The Labute approximate surface area is 160 Å². The van der Waals surface area contributed by atoms with Gasteiger partial charge in [0.2, 0.25) is 0 Å². The van der Waals surface area contributed by atoms with Crippen molar-refractivity contribution in [1.82, 2.24) is 4.90 Å². The molecule has 28 heavy (non-hydrogen) atoms. The highest BCUT2D eigenvalue weighted by atomic mass is 32.2. The average Bonchev–Trinajstić information content (AvgIpc) is 2.96. The molecule has 0 bridgehead atoms. The Morgan fingerprint density at radius 2 is 1.89 bits per heavy atom. The van der Waals surface area contributed by atoms with Gasteiger partial charge in [0.15, 0.2) is 0 Å². The van der Waals surface area contributed by atoms with Gasteiger partial charge in [0.1, 0.15) is 11.4 Å². The Morgan fingerprint density at radius 3 is 2.50 bits per heavy atom. The fourth-order valence-electron chi connectivity index (χ4n) is 3.19. The van der Waals surface area contributed by atoms with E-state index in [2.05, 4.69) is 4.18 Å². The van der Waals surface area contributed by atoms with E-state index in [1.54, 1.807) is 20.8 Å². The molecule has 2 aliphatic rings. The van der Waals surface area contributed by atoms with Crippen LogP contribution in [0.5, 0.6) is 5.75 Å². The molecular formula is C17H20F3NO6S. The first-order valence-corrected chi connectivity index (χ1v) is 9.91. The number of halogens is 3. The summed E-state index contributed by atoms with van der Waals surface area (Å²) in [5.74, 6) is -0.763. The molecule has 2 aliphatic heterocycles. The molecule has 7 nitrogen and oxygen atoms in total. The lowest BCUT2D eigenvalue weighted by Crippen LogP contribution is -2.36. The second kappa shape index (κ2) is 6.80. The minimum atomic E-state index is -5.76. The largest absolute Gasteiger partial charge is 0.534 e. The van der Waals surface area contributed by atoms with Crippen LogP contribution in [0, 0.1) is 0 Å². The van der Waals surface area contributed by atoms with Crippen LogP contribution in [0.25, 0.3) is 0 Å². The first-order valence-electron chi connectivity index (χ1n) is 8.50. The number of rotatable bonds is 2. The number of ether oxygens (including phenoxy) is 2. The molecule has 156 valence electrons. The molecule has 1 aromatic rings. The number of amides is 1. The summed E-state index contributed by atoms with van der Waals surface area (Å²) < 4.78 is 75.5. The smallest absolute Gasteiger partial charge is 0.444 e. The lowest BCUT2D eigenvalue weighted by molar-refractivity contribution is -0.0500. The number of carbonyl (C=O) groups is 1. The summed E-state index contributed by atoms with van der Waals surface area (Å²) in [4.78, 5) is 13.8. The van der Waals surface area contributed by atoms with E-state index in [1.807, 2.05) is 0 Å². The van der Waals surface area contributed by atoms with Crippen LogP contribution >= 0.6 is 0 Å². The number of benzene rings is 1. The van der Waals surface area contributed by atoms with Gasteiger partial charge >= 0.3 is 21.7 Å². The predicted molar refractivity (Wildman–Crippen MR) is 91.2 cm³/mol. The zero-order valence-electron chi connectivity index (χ0n) is 15.4. The van der Waals surface area contributed by atoms with E-state index in [9.17, 15) is 26.4 Å². The van der Waals surface area contributed by atoms with Crippen LogP contribution in [-0.2, 0) is 26.2 Å². The van der Waals surface area contributed by atoms with Crippen LogP contribution in [0.2, 0.25) is 0 Å². The van der Waals surface area contributed by atoms with Crippen molar-refractivity contribution in [2.45, 2.75) is 50.5 Å². The maximum atomic E-state index is 12.6. The summed E-state index contributed by atoms with van der Waals surface area (Å²) in [5, 5.41) is 0. The molecule has 2 atom stereocenters. The molecule has 1 aromatic carbocycles. The van der Waals surface area contributed by atoms with Gasteiger partial charge in [-0.25, -0.2) is 4.79 Å². The van der Waals surface area contributed by atoms with Gasteiger partial charge in [0, 0.05) is 12.5 Å². The second-order valence-corrected chi connectivity index (χ2v) is 9.22. The number of hydrogen-bond acceptors (Lipinski definition) is 6. The van der Waals surface area contributed by atoms with E-state index in [-0.39, 0.29) is 31.7 Å². The van der Waals surface area contributed by atoms with Crippen molar-refractivity contribution in [3.05, 3.63) is 29.3 Å². The van der Waals surface area contributed by atoms with Crippen molar-refractivity contribution in [2.75, 3.05) is 13.1 Å². The van der Waals surface area contributed by atoms with Crippen molar-refractivity contribution in [3.63, 3.8) is 0 Å². The van der Waals surface area contributed by atoms with Gasteiger partial charge in [-0.05, 0) is 44.0 Å². The molecule has 0 aliphatic carbocycles. The SMILES string of the molecule is CC(C)(C)OC(=O)N1C[C@@H]2OCc3ccc(OS(=O)(=O)C(F)(F)F)cc3[C@@H]2C1. The summed E-state index contributed by atoms with van der Waals surface area (Å²) in [5.41, 5.74) is -4.90. The molecule has 1 amide bonds. The maximum absolute atomic E-state index is 12.6. The third-order valence-electron chi connectivity index (χ3n) is 4.38. The lowest BCUT2D eigenvalue weighted by atomic mass is 9.89. The Hall–Kier alpha value is -2.01. The molecule has 2 heterocycles. The average molecular weight is 423 g/mol. The molecule has 1 saturated heterocycles. The second-order valence-electron chi connectivity index (χ2n) is 7.69. The van der Waals surface area contributed by atoms with Crippen LogP contribution in [0.4, 0.5) is 18.0 Å². The van der Waals surface area contributed by atoms with Crippen LogP contribution < -0.4 is 4.18 Å². The van der Waals surface area contributed by atoms with Gasteiger partial charge in [-0.1, -0.05) is 6.07 Å². The highest BCUT2D eigenvalue weighted by molar-refractivity contribution is 7.88. The molecule has 11 heteroatoms. The number of alkyl halides is 3. The number of carbonyl (C=O) groups excluding carboxylic acids is 1. The first-order chi connectivity index (χ1) is 12.8. The Bertz CT molecular complexity index is 878. The summed E-state index contributed by atoms with van der Waals surface area (Å²) in [6.45, 7) is 5.93. The quantitative estimate of drug-likeness (QED) is 0.537. The van der Waals surface area contributed by atoms with Gasteiger partial charge in [-0.2, -0.15) is 21.6 Å². The van der Waals surface area contributed by atoms with Gasteiger partial charge in [0.25, 0.3) is 0 Å². The van der Waals surface area contributed by atoms with E-state index >= 15 is 0 Å². The molecule has 0 aromatic heterocycles. The summed E-state index contributed by atoms with van der Waals surface area (Å²) in [6, 6.07) is 3.87. The van der Waals surface area contributed by atoms with Crippen molar-refractivity contribution in [2.24, 2.45) is 0 Å². The molecule has 0 unspecified atom stereocenters. The van der Waals surface area contributed by atoms with Crippen LogP contribution in [0.1, 0.15) is 37.8 Å². The standard InChI is InChI=1S/C17H20F3NO6S/c1-16(2,3)26-15(22)21-7-13-12-6-11(27-28(23,24)17(18,19)20)5-4-10(12)9-25-14(13)8-21/h4-6,13-14H,7-9H2,1-3H3/t13-,14-/m0/s1. The van der Waals surface area contributed by atoms with E-state index in [1.165, 1.54) is 17.0 Å². The number of likely N-dealkylation sites (tertiary alicyclic amines) is 1. The Kier molecular flexibility index (Phi) is 5.03. The van der Waals surface area contributed by atoms with Crippen molar-refractivity contribution >= 4 is 16.2 Å². The Morgan fingerprint density at radius 1 is 1.21 bits per heavy atom. The number of fused-ring (bicyclic) bond motifs is 3. The molecular weight excluding hydrogens is 403 g/mol. The molecule has 0 N–H and O–H groups in total. The van der Waals surface area contributed by atoms with Crippen LogP contribution in [0.15, 0.2) is 18.2 Å². The van der Waals surface area contributed by atoms with E-state index in [0.717, 1.165) is 6.07 Å². The minimum absolute atomic E-state index is 0.199. The van der Waals surface area contributed by atoms with Gasteiger partial charge in [-0.15, -0.1) is 0 Å². The molecule has 0 saturated carbocycles. The first kappa shape index (κ1) is 20.7. The van der Waals surface area contributed by atoms with Crippen LogP contribution in [-0.4, -0.2) is 49.7 Å². The third kappa shape index (κ3) is 4.19. The zero-order chi connectivity index (χ0) is 20.9. The number of hydrogen-bond donors (Lipinski definition) is 0. The lowest BCUT2D eigenvalue weighted by Gasteiger charge is -2.27. The molecule has 1 fully saturated rings. The fourth-order valence-corrected chi connectivity index (χ4v) is 3.64.